The van der Waals surface area contributed by atoms with Crippen LogP contribution in [0.4, 0.5) is 5.69 Å². The molecular weight excluding hydrogens is 540 g/mol. The Labute approximate surface area is 238 Å². The highest BCUT2D eigenvalue weighted by atomic mass is 35.5. The number of carbonyl (C=O) groups excluding carboxylic acids is 1. The van der Waals surface area contributed by atoms with Crippen molar-refractivity contribution < 1.29 is 22.7 Å². The van der Waals surface area contributed by atoms with E-state index in [2.05, 4.69) is 30.0 Å². The molecule has 11 heteroatoms. The van der Waals surface area contributed by atoms with Gasteiger partial charge in [-0.25, -0.2) is 8.42 Å². The van der Waals surface area contributed by atoms with E-state index in [0.717, 1.165) is 30.8 Å². The van der Waals surface area contributed by atoms with Crippen LogP contribution in [0.15, 0.2) is 35.2 Å². The Balaban J connectivity index is 1.49. The first-order valence-electron chi connectivity index (χ1n) is 13.0. The van der Waals surface area contributed by atoms with Crippen LogP contribution in [0.1, 0.15) is 23.1 Å². The molecule has 1 aliphatic rings. The molecule has 0 aromatic heterocycles. The fraction of sp³-hybridized carbons (Fsp3) is 0.536. The Kier molecular flexibility index (Phi) is 10.6. The van der Waals surface area contributed by atoms with Crippen LogP contribution in [0.2, 0.25) is 5.02 Å². The molecule has 2 aromatic rings. The van der Waals surface area contributed by atoms with Crippen LogP contribution in [0.3, 0.4) is 0 Å². The van der Waals surface area contributed by atoms with Gasteiger partial charge in [0.1, 0.15) is 12.4 Å². The van der Waals surface area contributed by atoms with Crippen molar-refractivity contribution in [3.05, 3.63) is 52.0 Å². The summed E-state index contributed by atoms with van der Waals surface area (Å²) in [6.07, 6.45) is 1.12. The van der Waals surface area contributed by atoms with E-state index in [1.165, 1.54) is 11.4 Å². The monoisotopic (exact) mass is 580 g/mol. The van der Waals surface area contributed by atoms with Crippen molar-refractivity contribution in [2.45, 2.75) is 37.8 Å². The molecule has 0 aliphatic carbocycles. The molecule has 0 saturated carbocycles. The molecule has 1 aliphatic heterocycles. The molecule has 1 unspecified atom stereocenters. The van der Waals surface area contributed by atoms with Crippen LogP contribution in [0, 0.1) is 13.8 Å². The maximum atomic E-state index is 13.1. The molecule has 3 rings (SSSR count). The predicted octanol–water partition coefficient (Wildman–Crippen LogP) is 3.40. The van der Waals surface area contributed by atoms with Gasteiger partial charge in [-0.2, -0.15) is 4.31 Å². The molecular formula is C28H41ClN4O5S. The van der Waals surface area contributed by atoms with Gasteiger partial charge in [-0.15, -0.1) is 0 Å². The molecule has 0 radical (unpaired) electrons. The largest absolute Gasteiger partial charge is 0.497 e. The summed E-state index contributed by atoms with van der Waals surface area (Å²) in [7, 11) is 5.23. The second-order valence-electron chi connectivity index (χ2n) is 10.3. The highest BCUT2D eigenvalue weighted by molar-refractivity contribution is 7.89. The zero-order valence-electron chi connectivity index (χ0n) is 24.0. The number of aryl methyl sites for hydroxylation is 2. The molecule has 0 bridgehead atoms. The fourth-order valence-electron chi connectivity index (χ4n) is 4.78. The van der Waals surface area contributed by atoms with E-state index in [-0.39, 0.29) is 30.6 Å². The van der Waals surface area contributed by atoms with E-state index < -0.39 is 10.0 Å². The van der Waals surface area contributed by atoms with Gasteiger partial charge in [0.15, 0.2) is 0 Å². The smallest absolute Gasteiger partial charge is 0.248 e. The summed E-state index contributed by atoms with van der Waals surface area (Å²) < 4.78 is 38.3. The van der Waals surface area contributed by atoms with Gasteiger partial charge in [0, 0.05) is 57.0 Å². The van der Waals surface area contributed by atoms with Crippen molar-refractivity contribution >= 4 is 33.2 Å². The quantitative estimate of drug-likeness (QED) is 0.356. The standard InChI is InChI=1S/C28H41ClN4O5S/c1-20-14-25(37-7)15-21(2)28(20)39(35,36)32(6)12-13-38-19-27(34)31(5)17-22-8-9-23(16-26(22)29)33-11-10-24(18-33)30(3)4/h8-9,14-16,24H,10-13,17-19H2,1-7H3. The maximum absolute atomic E-state index is 13.1. The summed E-state index contributed by atoms with van der Waals surface area (Å²) in [5.41, 5.74) is 3.17. The minimum Gasteiger partial charge on any atom is -0.497 e. The van der Waals surface area contributed by atoms with Crippen LogP contribution in [0.5, 0.6) is 5.75 Å². The summed E-state index contributed by atoms with van der Waals surface area (Å²) >= 11 is 6.57. The van der Waals surface area contributed by atoms with Gasteiger partial charge >= 0.3 is 0 Å². The van der Waals surface area contributed by atoms with Gasteiger partial charge in [0.2, 0.25) is 15.9 Å². The Morgan fingerprint density at radius 3 is 2.33 bits per heavy atom. The third kappa shape index (κ3) is 7.64. The number of nitrogens with zero attached hydrogens (tertiary/aromatic N) is 4. The third-order valence-corrected chi connectivity index (χ3v) is 9.76. The Bertz CT molecular complexity index is 1250. The van der Waals surface area contributed by atoms with Crippen molar-refractivity contribution in [3.63, 3.8) is 0 Å². The fourth-order valence-corrected chi connectivity index (χ4v) is 6.57. The molecule has 9 nitrogen and oxygen atoms in total. The van der Waals surface area contributed by atoms with Crippen LogP contribution >= 0.6 is 11.6 Å². The molecule has 1 heterocycles. The van der Waals surface area contributed by atoms with Crippen LogP contribution < -0.4 is 9.64 Å². The summed E-state index contributed by atoms with van der Waals surface area (Å²) in [5, 5.41) is 0.623. The lowest BCUT2D eigenvalue weighted by Gasteiger charge is -2.23. The number of amides is 1. The lowest BCUT2D eigenvalue weighted by atomic mass is 10.1. The summed E-state index contributed by atoms with van der Waals surface area (Å²) in [5.74, 6) is 0.399. The normalized spacial score (nSPS) is 15.8. The highest BCUT2D eigenvalue weighted by Gasteiger charge is 2.26. The van der Waals surface area contributed by atoms with E-state index in [0.29, 0.717) is 34.5 Å². The number of hydrogen-bond acceptors (Lipinski definition) is 7. The number of halogens is 1. The minimum atomic E-state index is -3.72. The number of hydrogen-bond donors (Lipinski definition) is 0. The van der Waals surface area contributed by atoms with Gasteiger partial charge in [-0.1, -0.05) is 17.7 Å². The highest BCUT2D eigenvalue weighted by Crippen LogP contribution is 2.29. The number of benzene rings is 2. The number of anilines is 1. The first-order valence-corrected chi connectivity index (χ1v) is 14.8. The minimum absolute atomic E-state index is 0.0861. The van der Waals surface area contributed by atoms with E-state index >= 15 is 0 Å². The lowest BCUT2D eigenvalue weighted by molar-refractivity contribution is -0.135. The van der Waals surface area contributed by atoms with E-state index in [1.807, 2.05) is 12.1 Å². The molecule has 1 amide bonds. The number of carbonyl (C=O) groups is 1. The average Bonchev–Trinajstić information content (AvgIpc) is 3.37. The number of methoxy groups -OCH3 is 1. The van der Waals surface area contributed by atoms with E-state index in [1.54, 1.807) is 45.0 Å². The SMILES string of the molecule is COc1cc(C)c(S(=O)(=O)N(C)CCOCC(=O)N(C)Cc2ccc(N3CCC(N(C)C)C3)cc2Cl)c(C)c1. The van der Waals surface area contributed by atoms with Crippen LogP contribution in [-0.4, -0.2) is 103 Å². The molecule has 39 heavy (non-hydrogen) atoms. The zero-order valence-corrected chi connectivity index (χ0v) is 25.6. The molecule has 0 N–H and O–H groups in total. The Hall–Kier alpha value is -2.37. The first-order chi connectivity index (χ1) is 18.3. The molecule has 216 valence electrons. The van der Waals surface area contributed by atoms with Crippen molar-refractivity contribution in [2.75, 3.05) is 73.0 Å². The molecule has 1 fully saturated rings. The summed E-state index contributed by atoms with van der Waals surface area (Å²) in [4.78, 5) is 19.0. The number of ether oxygens (including phenoxy) is 2. The lowest BCUT2D eigenvalue weighted by Crippen LogP contribution is -2.33. The van der Waals surface area contributed by atoms with Crippen LogP contribution in [-0.2, 0) is 26.1 Å². The first kappa shape index (κ1) is 31.2. The second-order valence-corrected chi connectivity index (χ2v) is 12.7. The topological polar surface area (TPSA) is 82.6 Å². The van der Waals surface area contributed by atoms with Gasteiger partial charge in [0.05, 0.1) is 18.6 Å². The van der Waals surface area contributed by atoms with Crippen molar-refractivity contribution in [1.82, 2.24) is 14.1 Å². The average molecular weight is 581 g/mol. The number of rotatable bonds is 12. The predicted molar refractivity (Wildman–Crippen MR) is 155 cm³/mol. The van der Waals surface area contributed by atoms with E-state index in [9.17, 15) is 13.2 Å². The zero-order chi connectivity index (χ0) is 28.9. The maximum Gasteiger partial charge on any atom is 0.248 e. The molecule has 2 aromatic carbocycles. The third-order valence-electron chi connectivity index (χ3n) is 7.24. The van der Waals surface area contributed by atoms with Gasteiger partial charge in [-0.05, 0) is 75.3 Å². The summed E-state index contributed by atoms with van der Waals surface area (Å²) in [6, 6.07) is 9.91. The molecule has 0 spiro atoms. The van der Waals surface area contributed by atoms with Gasteiger partial charge in [0.25, 0.3) is 0 Å². The molecule has 1 saturated heterocycles. The summed E-state index contributed by atoms with van der Waals surface area (Å²) in [6.45, 7) is 5.85. The molecule has 1 atom stereocenters. The number of likely N-dealkylation sites (N-methyl/N-ethyl adjacent to an activating group) is 3. The van der Waals surface area contributed by atoms with Crippen molar-refractivity contribution in [3.8, 4) is 5.75 Å². The van der Waals surface area contributed by atoms with Gasteiger partial charge < -0.3 is 24.2 Å². The Morgan fingerprint density at radius 1 is 1.10 bits per heavy atom. The second kappa shape index (κ2) is 13.3. The van der Waals surface area contributed by atoms with Crippen LogP contribution in [0.25, 0.3) is 0 Å². The van der Waals surface area contributed by atoms with Crippen molar-refractivity contribution in [1.29, 1.82) is 0 Å². The number of sulfonamides is 1. The Morgan fingerprint density at radius 2 is 1.77 bits per heavy atom. The van der Waals surface area contributed by atoms with Gasteiger partial charge in [-0.3, -0.25) is 4.79 Å². The van der Waals surface area contributed by atoms with Crippen molar-refractivity contribution in [2.24, 2.45) is 0 Å². The van der Waals surface area contributed by atoms with E-state index in [4.69, 9.17) is 21.1 Å².